The third kappa shape index (κ3) is 3.04. The van der Waals surface area contributed by atoms with Crippen LogP contribution in [0.15, 0.2) is 53.5 Å². The number of hydrogen-bond donors (Lipinski definition) is 3. The molecule has 0 saturated heterocycles. The van der Waals surface area contributed by atoms with Crippen LogP contribution >= 0.6 is 0 Å². The molecule has 5 N–H and O–H groups in total. The van der Waals surface area contributed by atoms with E-state index in [1.54, 1.807) is 48.5 Å². The van der Waals surface area contributed by atoms with Crippen LogP contribution in [0.3, 0.4) is 0 Å². The fraction of sp³-hybridized carbons (Fsp3) is 0.167. The van der Waals surface area contributed by atoms with E-state index in [1.165, 1.54) is 0 Å². The number of Topliss-reactive ketones (excluding diaryl/α,β-unsaturated/α-hetero) is 2. The molecule has 2 aromatic rings. The van der Waals surface area contributed by atoms with Gasteiger partial charge in [-0.2, -0.15) is 0 Å². The summed E-state index contributed by atoms with van der Waals surface area (Å²) in [5.41, 5.74) is 11.9. The third-order valence-electron chi connectivity index (χ3n) is 3.98. The lowest BCUT2D eigenvalue weighted by Gasteiger charge is -2.16. The normalized spacial score (nSPS) is 20.0. The molecule has 1 aliphatic heterocycles. The predicted octanol–water partition coefficient (Wildman–Crippen LogP) is 1.57. The van der Waals surface area contributed by atoms with Gasteiger partial charge in [-0.3, -0.25) is 9.59 Å². The summed E-state index contributed by atoms with van der Waals surface area (Å²) in [6.45, 7) is 0. The summed E-state index contributed by atoms with van der Waals surface area (Å²) < 4.78 is 0. The molecule has 24 heavy (non-hydrogen) atoms. The van der Waals surface area contributed by atoms with Crippen LogP contribution in [0, 0.1) is 0 Å². The number of ketones is 2. The van der Waals surface area contributed by atoms with Gasteiger partial charge in [-0.05, 0) is 42.0 Å². The van der Waals surface area contributed by atoms with Crippen LogP contribution in [0.4, 0.5) is 11.4 Å². The molecule has 1 aliphatic rings. The number of nitrogens with two attached hydrogens (primary N) is 2. The maximum absolute atomic E-state index is 12.3. The van der Waals surface area contributed by atoms with E-state index in [0.717, 1.165) is 0 Å². The highest BCUT2D eigenvalue weighted by Crippen LogP contribution is 2.28. The SMILES string of the molecule is Nc1ccc(C(=O)CC2(O)N=C(c3ccc(N)cc3)CC2=O)cc1. The molecule has 6 heteroatoms. The van der Waals surface area contributed by atoms with Gasteiger partial charge in [-0.15, -0.1) is 0 Å². The summed E-state index contributed by atoms with van der Waals surface area (Å²) >= 11 is 0. The number of hydrogen-bond acceptors (Lipinski definition) is 6. The molecule has 3 rings (SSSR count). The molecule has 1 heterocycles. The number of rotatable bonds is 4. The molecule has 0 radical (unpaired) electrons. The summed E-state index contributed by atoms with van der Waals surface area (Å²) in [5.74, 6) is -0.855. The molecule has 0 bridgehead atoms. The van der Waals surface area contributed by atoms with Crippen molar-refractivity contribution in [3.8, 4) is 0 Å². The van der Waals surface area contributed by atoms with Crippen LogP contribution in [0.1, 0.15) is 28.8 Å². The lowest BCUT2D eigenvalue weighted by atomic mass is 9.97. The highest BCUT2D eigenvalue weighted by Gasteiger charge is 2.43. The van der Waals surface area contributed by atoms with Gasteiger partial charge >= 0.3 is 0 Å². The molecular weight excluding hydrogens is 306 g/mol. The maximum atomic E-state index is 12.3. The molecule has 0 saturated carbocycles. The predicted molar refractivity (Wildman–Crippen MR) is 91.8 cm³/mol. The molecule has 0 aliphatic carbocycles. The highest BCUT2D eigenvalue weighted by molar-refractivity contribution is 6.19. The van der Waals surface area contributed by atoms with Crippen LogP contribution < -0.4 is 11.5 Å². The fourth-order valence-electron chi connectivity index (χ4n) is 2.59. The van der Waals surface area contributed by atoms with Gasteiger partial charge in [0.15, 0.2) is 11.6 Å². The van der Waals surface area contributed by atoms with Crippen molar-refractivity contribution in [2.45, 2.75) is 18.6 Å². The Morgan fingerprint density at radius 3 is 2.17 bits per heavy atom. The Hall–Kier alpha value is -2.99. The Balaban J connectivity index is 1.83. The summed E-state index contributed by atoms with van der Waals surface area (Å²) in [6, 6.07) is 13.2. The number of benzene rings is 2. The van der Waals surface area contributed by atoms with E-state index in [9.17, 15) is 14.7 Å². The van der Waals surface area contributed by atoms with E-state index in [-0.39, 0.29) is 12.2 Å². The van der Waals surface area contributed by atoms with Gasteiger partial charge in [-0.25, -0.2) is 4.99 Å². The van der Waals surface area contributed by atoms with Crippen molar-refractivity contribution in [1.82, 2.24) is 0 Å². The van der Waals surface area contributed by atoms with Crippen molar-refractivity contribution in [2.75, 3.05) is 11.5 Å². The van der Waals surface area contributed by atoms with Crippen LogP contribution in [0.5, 0.6) is 0 Å². The first-order chi connectivity index (χ1) is 11.4. The van der Waals surface area contributed by atoms with Gasteiger partial charge in [0.05, 0.1) is 18.6 Å². The standard InChI is InChI=1S/C18H17N3O3/c19-13-5-1-11(2-6-13)15-9-17(23)18(24,21-15)10-16(22)12-3-7-14(20)8-4-12/h1-8,24H,9-10,19-20H2. The average molecular weight is 323 g/mol. The minimum absolute atomic E-state index is 0.0184. The van der Waals surface area contributed by atoms with Crippen molar-refractivity contribution in [3.05, 3.63) is 59.7 Å². The number of aliphatic imine (C=N–C) groups is 1. The zero-order chi connectivity index (χ0) is 17.3. The quantitative estimate of drug-likeness (QED) is 0.583. The van der Waals surface area contributed by atoms with Gasteiger partial charge in [-0.1, -0.05) is 12.1 Å². The van der Waals surface area contributed by atoms with Crippen LogP contribution in [0.2, 0.25) is 0 Å². The minimum Gasteiger partial charge on any atom is -0.399 e. The molecule has 0 fully saturated rings. The van der Waals surface area contributed by atoms with E-state index in [1.807, 2.05) is 0 Å². The molecule has 6 nitrogen and oxygen atoms in total. The largest absolute Gasteiger partial charge is 0.399 e. The van der Waals surface area contributed by atoms with Crippen molar-refractivity contribution in [1.29, 1.82) is 0 Å². The monoisotopic (exact) mass is 323 g/mol. The Labute approximate surface area is 138 Å². The molecule has 1 unspecified atom stereocenters. The minimum atomic E-state index is -2.02. The van der Waals surface area contributed by atoms with E-state index >= 15 is 0 Å². The lowest BCUT2D eigenvalue weighted by molar-refractivity contribution is -0.133. The van der Waals surface area contributed by atoms with Gasteiger partial charge in [0.2, 0.25) is 5.72 Å². The lowest BCUT2D eigenvalue weighted by Crippen LogP contribution is -2.35. The van der Waals surface area contributed by atoms with Crippen LogP contribution in [0.25, 0.3) is 0 Å². The molecular formula is C18H17N3O3. The second kappa shape index (κ2) is 5.90. The number of nitrogen functional groups attached to an aromatic ring is 2. The summed E-state index contributed by atoms with van der Waals surface area (Å²) in [5, 5.41) is 10.5. The Bertz CT molecular complexity index is 826. The van der Waals surface area contributed by atoms with Gasteiger partial charge in [0, 0.05) is 16.9 Å². The smallest absolute Gasteiger partial charge is 0.223 e. The van der Waals surface area contributed by atoms with E-state index < -0.39 is 17.9 Å². The van der Waals surface area contributed by atoms with Gasteiger partial charge in [0.1, 0.15) is 0 Å². The maximum Gasteiger partial charge on any atom is 0.223 e. The van der Waals surface area contributed by atoms with Gasteiger partial charge < -0.3 is 16.6 Å². The first-order valence-electron chi connectivity index (χ1n) is 7.46. The molecule has 0 amide bonds. The second-order valence-electron chi connectivity index (χ2n) is 5.82. The van der Waals surface area contributed by atoms with Crippen LogP contribution in [-0.4, -0.2) is 28.1 Å². The van der Waals surface area contributed by atoms with E-state index in [2.05, 4.69) is 4.99 Å². The number of carbonyl (C=O) groups excluding carboxylic acids is 2. The zero-order valence-electron chi connectivity index (χ0n) is 12.9. The van der Waals surface area contributed by atoms with Crippen molar-refractivity contribution < 1.29 is 14.7 Å². The summed E-state index contributed by atoms with van der Waals surface area (Å²) in [6.07, 6.45) is -0.413. The molecule has 0 aromatic heterocycles. The third-order valence-corrected chi connectivity index (χ3v) is 3.98. The number of aliphatic hydroxyl groups is 1. The van der Waals surface area contributed by atoms with E-state index in [0.29, 0.717) is 28.2 Å². The molecule has 122 valence electrons. The fourth-order valence-corrected chi connectivity index (χ4v) is 2.59. The number of carbonyl (C=O) groups is 2. The first kappa shape index (κ1) is 15.9. The average Bonchev–Trinajstić information content (AvgIpc) is 2.83. The Kier molecular flexibility index (Phi) is 3.91. The number of nitrogens with zero attached hydrogens (tertiary/aromatic N) is 1. The summed E-state index contributed by atoms with van der Waals surface area (Å²) in [4.78, 5) is 28.6. The van der Waals surface area contributed by atoms with E-state index in [4.69, 9.17) is 11.5 Å². The highest BCUT2D eigenvalue weighted by atomic mass is 16.3. The zero-order valence-corrected chi connectivity index (χ0v) is 12.9. The topological polar surface area (TPSA) is 119 Å². The Morgan fingerprint density at radius 1 is 1.04 bits per heavy atom. The number of anilines is 2. The molecule has 0 spiro atoms. The van der Waals surface area contributed by atoms with Crippen molar-refractivity contribution >= 4 is 28.7 Å². The second-order valence-corrected chi connectivity index (χ2v) is 5.82. The molecule has 1 atom stereocenters. The first-order valence-corrected chi connectivity index (χ1v) is 7.46. The van der Waals surface area contributed by atoms with Crippen molar-refractivity contribution in [3.63, 3.8) is 0 Å². The van der Waals surface area contributed by atoms with Crippen molar-refractivity contribution in [2.24, 2.45) is 4.99 Å². The molecule has 2 aromatic carbocycles. The van der Waals surface area contributed by atoms with Crippen LogP contribution in [-0.2, 0) is 4.79 Å². The van der Waals surface area contributed by atoms with Gasteiger partial charge in [0.25, 0.3) is 0 Å². The Morgan fingerprint density at radius 2 is 1.58 bits per heavy atom. The summed E-state index contributed by atoms with van der Waals surface area (Å²) in [7, 11) is 0.